The number of nitrogens with one attached hydrogen (secondary N) is 1. The van der Waals surface area contributed by atoms with E-state index in [4.69, 9.17) is 9.15 Å². The number of aryl methyl sites for hydroxylation is 2. The van der Waals surface area contributed by atoms with Crippen LogP contribution in [0.15, 0.2) is 9.64 Å². The molecular formula is C22H37F3N4O5S2. The summed E-state index contributed by atoms with van der Waals surface area (Å²) in [6.45, 7) is 7.91. The lowest BCUT2D eigenvalue weighted by Gasteiger charge is -2.48. The Balaban J connectivity index is 1.81. The minimum absolute atomic E-state index is 0.149. The van der Waals surface area contributed by atoms with Crippen LogP contribution in [0.4, 0.5) is 18.0 Å². The fourth-order valence-electron chi connectivity index (χ4n) is 4.32. The maximum absolute atomic E-state index is 13.5. The van der Waals surface area contributed by atoms with Gasteiger partial charge in [0.1, 0.15) is 17.9 Å². The zero-order valence-corrected chi connectivity index (χ0v) is 22.9. The van der Waals surface area contributed by atoms with Crippen LogP contribution in [0.5, 0.6) is 0 Å². The van der Waals surface area contributed by atoms with Gasteiger partial charge in [-0.3, -0.25) is 24.2 Å². The summed E-state index contributed by atoms with van der Waals surface area (Å²) in [5, 5.41) is 3.72. The molecule has 3 N–H and O–H groups in total. The van der Waals surface area contributed by atoms with Crippen molar-refractivity contribution in [1.29, 1.82) is 0 Å². The fraction of sp³-hybridized carbons (Fsp3) is 0.818. The first-order valence-electron chi connectivity index (χ1n) is 11.9. The van der Waals surface area contributed by atoms with Crippen molar-refractivity contribution in [2.75, 3.05) is 36.9 Å². The molecule has 1 aromatic heterocycles. The van der Waals surface area contributed by atoms with Crippen molar-refractivity contribution < 1.29 is 36.2 Å². The van der Waals surface area contributed by atoms with E-state index >= 15 is 0 Å². The summed E-state index contributed by atoms with van der Waals surface area (Å²) >= 11 is 1.36. The second-order valence-corrected chi connectivity index (χ2v) is 13.8. The topological polar surface area (TPSA) is 111 Å². The molecule has 3 heterocycles. The number of piperidine rings is 1. The summed E-state index contributed by atoms with van der Waals surface area (Å²) in [5.41, 5.74) is -0.176. The molecule has 208 valence electrons. The maximum atomic E-state index is 13.5. The normalized spacial score (nSPS) is 26.4. The lowest BCUT2D eigenvalue weighted by molar-refractivity contribution is -0.152. The van der Waals surface area contributed by atoms with Crippen LogP contribution in [0.1, 0.15) is 45.1 Å². The number of amides is 1. The molecule has 0 aromatic carbocycles. The molecule has 2 aliphatic rings. The van der Waals surface area contributed by atoms with E-state index in [1.807, 2.05) is 13.8 Å². The number of carbonyl (C=O) groups excluding carboxylic acids is 1. The van der Waals surface area contributed by atoms with E-state index in [9.17, 15) is 27.1 Å². The van der Waals surface area contributed by atoms with E-state index in [-0.39, 0.29) is 30.0 Å². The number of rotatable bonds is 6. The third-order valence-electron chi connectivity index (χ3n) is 6.18. The van der Waals surface area contributed by atoms with Crippen molar-refractivity contribution in [3.8, 4) is 0 Å². The van der Waals surface area contributed by atoms with Gasteiger partial charge in [-0.2, -0.15) is 23.8 Å². The van der Waals surface area contributed by atoms with Gasteiger partial charge < -0.3 is 9.15 Å². The quantitative estimate of drug-likeness (QED) is 0.428. The van der Waals surface area contributed by atoms with Crippen molar-refractivity contribution in [2.24, 2.45) is 0 Å². The zero-order chi connectivity index (χ0) is 26.9. The number of hydrogen-bond acceptors (Lipinski definition) is 9. The average Bonchev–Trinajstić information content (AvgIpc) is 3.05. The van der Waals surface area contributed by atoms with Crippen LogP contribution in [0.3, 0.4) is 0 Å². The van der Waals surface area contributed by atoms with Gasteiger partial charge in [-0.05, 0) is 47.5 Å². The molecule has 36 heavy (non-hydrogen) atoms. The third-order valence-corrected chi connectivity index (χ3v) is 8.84. The Hall–Kier alpha value is -1.19. The van der Waals surface area contributed by atoms with E-state index in [0.29, 0.717) is 36.2 Å². The molecule has 1 aromatic rings. The van der Waals surface area contributed by atoms with Gasteiger partial charge in [0, 0.05) is 30.9 Å². The van der Waals surface area contributed by atoms with Crippen LogP contribution in [0.25, 0.3) is 0 Å². The number of nitrogens with zero attached hydrogens (tertiary/aromatic N) is 3. The number of ether oxygens (including phenoxy) is 1. The van der Waals surface area contributed by atoms with Crippen molar-refractivity contribution in [3.05, 3.63) is 11.5 Å². The molecule has 0 spiro atoms. The predicted molar refractivity (Wildman–Crippen MR) is 134 cm³/mol. The monoisotopic (exact) mass is 558 g/mol. The summed E-state index contributed by atoms with van der Waals surface area (Å²) < 4.78 is 71.6. The molecule has 1 amide bonds. The minimum atomic E-state index is -4.61. The molecule has 3 rings (SSSR count). The smallest absolute Gasteiger partial charge is 0.411 e. The molecule has 0 bridgehead atoms. The number of aromatic nitrogens is 1. The Morgan fingerprint density at radius 3 is 2.42 bits per heavy atom. The van der Waals surface area contributed by atoms with Crippen molar-refractivity contribution in [1.82, 2.24) is 20.1 Å². The largest absolute Gasteiger partial charge is 0.444 e. The van der Waals surface area contributed by atoms with Crippen LogP contribution < -0.4 is 5.32 Å². The highest BCUT2D eigenvalue weighted by atomic mass is 32.3. The van der Waals surface area contributed by atoms with Crippen molar-refractivity contribution >= 4 is 28.4 Å². The van der Waals surface area contributed by atoms with Crippen LogP contribution in [0.2, 0.25) is 0 Å². The number of alkyl halides is 3. The first-order chi connectivity index (χ1) is 16.5. The van der Waals surface area contributed by atoms with E-state index in [0.717, 1.165) is 10.6 Å². The van der Waals surface area contributed by atoms with Gasteiger partial charge in [-0.15, -0.1) is 0 Å². The molecule has 2 saturated heterocycles. The first kappa shape index (κ1) is 29.4. The molecule has 2 fully saturated rings. The molecule has 3 unspecified atom stereocenters. The van der Waals surface area contributed by atoms with E-state index in [2.05, 4.69) is 15.2 Å². The van der Waals surface area contributed by atoms with E-state index < -0.39 is 41.2 Å². The van der Waals surface area contributed by atoms with Gasteiger partial charge in [-0.25, -0.2) is 9.78 Å². The number of oxazole rings is 1. The van der Waals surface area contributed by atoms with Gasteiger partial charge in [0.2, 0.25) is 0 Å². The Morgan fingerprint density at radius 1 is 1.25 bits per heavy atom. The average molecular weight is 559 g/mol. The van der Waals surface area contributed by atoms with Gasteiger partial charge in [0.15, 0.2) is 0 Å². The van der Waals surface area contributed by atoms with Gasteiger partial charge in [-0.1, -0.05) is 11.8 Å². The standard InChI is InChI=1S/C22H37F3N4O5S2/c1-14-15(2)33-19(26-14)35-12-16-10-17(28-6-8-36(31,32)9-7-28)11-18(27-16)29(13-22(23,24)25)20(30)34-21(3,4)5/h16-18,27,31-32H,6-13H2,1-5H3. The van der Waals surface area contributed by atoms with Gasteiger partial charge in [0.05, 0.1) is 23.4 Å². The summed E-state index contributed by atoms with van der Waals surface area (Å²) in [4.78, 5) is 20.1. The Morgan fingerprint density at radius 2 is 1.89 bits per heavy atom. The molecule has 0 saturated carbocycles. The highest BCUT2D eigenvalue weighted by Crippen LogP contribution is 2.41. The minimum Gasteiger partial charge on any atom is -0.444 e. The molecule has 9 nitrogen and oxygen atoms in total. The maximum Gasteiger partial charge on any atom is 0.411 e. The molecule has 0 aliphatic carbocycles. The SMILES string of the molecule is Cc1nc(SCC2CC(N3CCS(O)(O)CC3)CC(N(CC(F)(F)F)C(=O)OC(C)(C)C)N2)oc1C. The van der Waals surface area contributed by atoms with Crippen molar-refractivity contribution in [2.45, 2.75) is 82.7 Å². The summed E-state index contributed by atoms with van der Waals surface area (Å²) in [6.07, 6.45) is -5.68. The van der Waals surface area contributed by atoms with E-state index in [1.54, 1.807) is 20.8 Å². The Kier molecular flexibility index (Phi) is 9.20. The van der Waals surface area contributed by atoms with Crippen LogP contribution in [0, 0.1) is 13.8 Å². The second kappa shape index (κ2) is 11.3. The molecule has 2 aliphatic heterocycles. The molecule has 14 heteroatoms. The molecular weight excluding hydrogens is 521 g/mol. The Labute approximate surface area is 215 Å². The predicted octanol–water partition coefficient (Wildman–Crippen LogP) is 4.70. The van der Waals surface area contributed by atoms with Gasteiger partial charge >= 0.3 is 12.3 Å². The molecule has 3 atom stereocenters. The number of carbonyl (C=O) groups is 1. The number of hydrogen-bond donors (Lipinski definition) is 3. The van der Waals surface area contributed by atoms with Crippen LogP contribution in [-0.2, 0) is 4.74 Å². The zero-order valence-electron chi connectivity index (χ0n) is 21.3. The van der Waals surface area contributed by atoms with Crippen molar-refractivity contribution in [3.63, 3.8) is 0 Å². The second-order valence-electron chi connectivity index (χ2n) is 10.4. The molecule has 0 radical (unpaired) electrons. The summed E-state index contributed by atoms with van der Waals surface area (Å²) in [7, 11) is -2.62. The lowest BCUT2D eigenvalue weighted by Crippen LogP contribution is -2.63. The summed E-state index contributed by atoms with van der Waals surface area (Å²) in [6, 6.07) is -0.393. The third kappa shape index (κ3) is 8.69. The highest BCUT2D eigenvalue weighted by Gasteiger charge is 2.43. The lowest BCUT2D eigenvalue weighted by atomic mass is 9.95. The van der Waals surface area contributed by atoms with E-state index in [1.165, 1.54) is 11.8 Å². The highest BCUT2D eigenvalue weighted by molar-refractivity contribution is 8.24. The first-order valence-corrected chi connectivity index (χ1v) is 14.8. The number of halogens is 3. The van der Waals surface area contributed by atoms with Crippen LogP contribution >= 0.6 is 22.4 Å². The Bertz CT molecular complexity index is 880. The van der Waals surface area contributed by atoms with Gasteiger partial charge in [0.25, 0.3) is 5.22 Å². The fourth-order valence-corrected chi connectivity index (χ4v) is 6.54. The number of thioether (sulfide) groups is 1. The summed E-state index contributed by atoms with van der Waals surface area (Å²) in [5.74, 6) is 1.64. The van der Waals surface area contributed by atoms with Crippen LogP contribution in [-0.4, -0.2) is 96.9 Å².